The molecule has 3 amide bonds. The van der Waals surface area contributed by atoms with Crippen LogP contribution in [0.5, 0.6) is 0 Å². The lowest BCUT2D eigenvalue weighted by molar-refractivity contribution is -0.114. The second-order valence-electron chi connectivity index (χ2n) is 8.67. The van der Waals surface area contributed by atoms with Crippen LogP contribution in [0.3, 0.4) is 0 Å². The van der Waals surface area contributed by atoms with E-state index < -0.39 is 21.8 Å². The van der Waals surface area contributed by atoms with Crippen LogP contribution >= 0.6 is 11.8 Å². The lowest BCUT2D eigenvalue weighted by Gasteiger charge is -2.12. The molecule has 5 N–H and O–H groups in total. The van der Waals surface area contributed by atoms with Crippen LogP contribution in [0.25, 0.3) is 6.08 Å². The zero-order valence-corrected chi connectivity index (χ0v) is 23.2. The third-order valence-electron chi connectivity index (χ3n) is 5.59. The lowest BCUT2D eigenvalue weighted by Crippen LogP contribution is -2.30. The molecule has 0 bridgehead atoms. The molecule has 9 nitrogen and oxygen atoms in total. The van der Waals surface area contributed by atoms with Crippen LogP contribution in [0.4, 0.5) is 11.4 Å². The Hall–Kier alpha value is -4.71. The number of benzene rings is 4. The van der Waals surface area contributed by atoms with E-state index in [4.69, 9.17) is 5.14 Å². The highest BCUT2D eigenvalue weighted by atomic mass is 32.2. The Morgan fingerprint density at radius 2 is 1.29 bits per heavy atom. The minimum Gasteiger partial charge on any atom is -0.325 e. The van der Waals surface area contributed by atoms with Gasteiger partial charge in [0.15, 0.2) is 0 Å². The number of hydrogen-bond donors (Lipinski definition) is 4. The van der Waals surface area contributed by atoms with Crippen LogP contribution < -0.4 is 21.1 Å². The molecule has 0 fully saturated rings. The van der Waals surface area contributed by atoms with Crippen molar-refractivity contribution in [2.75, 3.05) is 16.4 Å². The quantitative estimate of drug-likeness (QED) is 0.159. The van der Waals surface area contributed by atoms with Crippen molar-refractivity contribution >= 4 is 57.0 Å². The molecule has 0 aliphatic carbocycles. The summed E-state index contributed by atoms with van der Waals surface area (Å²) in [4.78, 5) is 39.0. The van der Waals surface area contributed by atoms with E-state index in [9.17, 15) is 22.8 Å². The number of sulfonamides is 1. The lowest BCUT2D eigenvalue weighted by atomic mass is 10.1. The van der Waals surface area contributed by atoms with E-state index in [0.29, 0.717) is 16.9 Å². The molecule has 0 saturated heterocycles. The summed E-state index contributed by atoms with van der Waals surface area (Å²) in [7, 11) is -3.81. The number of anilines is 2. The summed E-state index contributed by atoms with van der Waals surface area (Å²) in [5.74, 6) is -1.07. The van der Waals surface area contributed by atoms with Crippen molar-refractivity contribution < 1.29 is 22.8 Å². The van der Waals surface area contributed by atoms with E-state index in [0.717, 1.165) is 10.5 Å². The first-order valence-electron chi connectivity index (χ1n) is 12.3. The number of thioether (sulfide) groups is 1. The highest BCUT2D eigenvalue weighted by molar-refractivity contribution is 8.00. The molecule has 0 unspecified atom stereocenters. The molecule has 208 valence electrons. The predicted molar refractivity (Wildman–Crippen MR) is 161 cm³/mol. The van der Waals surface area contributed by atoms with Crippen molar-refractivity contribution in [2.24, 2.45) is 5.14 Å². The number of nitrogens with one attached hydrogen (secondary N) is 3. The van der Waals surface area contributed by atoms with Gasteiger partial charge in [0.2, 0.25) is 15.9 Å². The molecular weight excluding hydrogens is 560 g/mol. The molecule has 0 aliphatic heterocycles. The Morgan fingerprint density at radius 1 is 0.732 bits per heavy atom. The smallest absolute Gasteiger partial charge is 0.272 e. The summed E-state index contributed by atoms with van der Waals surface area (Å²) in [6.07, 6.45) is 1.60. The summed E-state index contributed by atoms with van der Waals surface area (Å²) in [5, 5.41) is 13.3. The van der Waals surface area contributed by atoms with Crippen LogP contribution in [0.2, 0.25) is 0 Å². The Labute approximate surface area is 241 Å². The number of hydrogen-bond acceptors (Lipinski definition) is 6. The fraction of sp³-hybridized carbons (Fsp3) is 0.0333. The van der Waals surface area contributed by atoms with Gasteiger partial charge in [-0.3, -0.25) is 14.4 Å². The maximum atomic E-state index is 13.1. The van der Waals surface area contributed by atoms with E-state index in [2.05, 4.69) is 16.0 Å². The summed E-state index contributed by atoms with van der Waals surface area (Å²) in [6, 6.07) is 30.3. The number of carbonyl (C=O) groups is 3. The van der Waals surface area contributed by atoms with Crippen molar-refractivity contribution in [1.82, 2.24) is 5.32 Å². The molecular formula is C30H26N4O5S2. The Kier molecular flexibility index (Phi) is 9.69. The van der Waals surface area contributed by atoms with E-state index in [1.165, 1.54) is 36.0 Å². The van der Waals surface area contributed by atoms with Gasteiger partial charge in [-0.1, -0.05) is 48.5 Å². The molecule has 4 rings (SSSR count). The number of amides is 3. The minimum absolute atomic E-state index is 0.0432. The van der Waals surface area contributed by atoms with E-state index in [1.54, 1.807) is 60.7 Å². The Balaban J connectivity index is 1.36. The molecule has 11 heteroatoms. The van der Waals surface area contributed by atoms with Crippen molar-refractivity contribution in [2.45, 2.75) is 9.79 Å². The standard InChI is InChI=1S/C30H26N4O5S2/c31-41(38,39)26-17-13-23(14-18-26)32-28(35)20-40-25-15-11-24(12-16-25)33-30(37)27(19-21-7-3-1-4-8-21)34-29(36)22-9-5-2-6-10-22/h1-19H,20H2,(H,32,35)(H,33,37)(H,34,36)(H2,31,38,39)/b27-19-. The van der Waals surface area contributed by atoms with E-state index >= 15 is 0 Å². The topological polar surface area (TPSA) is 147 Å². The number of nitrogens with two attached hydrogens (primary N) is 1. The Morgan fingerprint density at radius 3 is 1.90 bits per heavy atom. The second kappa shape index (κ2) is 13.6. The molecule has 0 spiro atoms. The van der Waals surface area contributed by atoms with Gasteiger partial charge < -0.3 is 16.0 Å². The molecule has 0 heterocycles. The summed E-state index contributed by atoms with van der Waals surface area (Å²) in [6.45, 7) is 0. The SMILES string of the molecule is NS(=O)(=O)c1ccc(NC(=O)CSc2ccc(NC(=O)/C(=C/c3ccccc3)NC(=O)c3ccccc3)cc2)cc1. The predicted octanol–water partition coefficient (Wildman–Crippen LogP) is 4.47. The van der Waals surface area contributed by atoms with Crippen molar-refractivity contribution in [3.63, 3.8) is 0 Å². The maximum absolute atomic E-state index is 13.1. The third kappa shape index (κ3) is 8.90. The van der Waals surface area contributed by atoms with Crippen LogP contribution in [0.15, 0.2) is 125 Å². The minimum atomic E-state index is -3.81. The molecule has 41 heavy (non-hydrogen) atoms. The van der Waals surface area contributed by atoms with Gasteiger partial charge >= 0.3 is 0 Å². The van der Waals surface area contributed by atoms with Gasteiger partial charge in [0, 0.05) is 21.8 Å². The van der Waals surface area contributed by atoms with Crippen molar-refractivity contribution in [3.05, 3.63) is 126 Å². The summed E-state index contributed by atoms with van der Waals surface area (Å²) >= 11 is 1.29. The third-order valence-corrected chi connectivity index (χ3v) is 7.53. The van der Waals surface area contributed by atoms with Gasteiger partial charge in [-0.05, 0) is 72.3 Å². The van der Waals surface area contributed by atoms with Crippen LogP contribution in [-0.2, 0) is 19.6 Å². The van der Waals surface area contributed by atoms with Crippen LogP contribution in [0, 0.1) is 0 Å². The zero-order chi connectivity index (χ0) is 29.2. The van der Waals surface area contributed by atoms with Crippen molar-refractivity contribution in [1.29, 1.82) is 0 Å². The fourth-order valence-corrected chi connectivity index (χ4v) is 4.78. The first kappa shape index (κ1) is 29.3. The highest BCUT2D eigenvalue weighted by Gasteiger charge is 2.15. The first-order chi connectivity index (χ1) is 19.7. The number of carbonyl (C=O) groups excluding carboxylic acids is 3. The van der Waals surface area contributed by atoms with E-state index in [-0.39, 0.29) is 22.3 Å². The van der Waals surface area contributed by atoms with Gasteiger partial charge in [-0.25, -0.2) is 13.6 Å². The largest absolute Gasteiger partial charge is 0.325 e. The molecule has 0 aromatic heterocycles. The fourth-order valence-electron chi connectivity index (χ4n) is 3.57. The second-order valence-corrected chi connectivity index (χ2v) is 11.3. The summed E-state index contributed by atoms with van der Waals surface area (Å²) in [5.41, 5.74) is 2.20. The summed E-state index contributed by atoms with van der Waals surface area (Å²) < 4.78 is 22.7. The average molecular weight is 587 g/mol. The molecule has 4 aromatic carbocycles. The van der Waals surface area contributed by atoms with Gasteiger partial charge in [0.25, 0.3) is 11.8 Å². The normalized spacial score (nSPS) is 11.4. The zero-order valence-electron chi connectivity index (χ0n) is 21.6. The van der Waals surface area contributed by atoms with Gasteiger partial charge in [-0.2, -0.15) is 0 Å². The molecule has 0 atom stereocenters. The first-order valence-corrected chi connectivity index (χ1v) is 14.8. The highest BCUT2D eigenvalue weighted by Crippen LogP contribution is 2.21. The molecule has 0 radical (unpaired) electrons. The van der Waals surface area contributed by atoms with E-state index in [1.807, 2.05) is 30.3 Å². The van der Waals surface area contributed by atoms with Gasteiger partial charge in [0.05, 0.1) is 10.6 Å². The van der Waals surface area contributed by atoms with Crippen LogP contribution in [-0.4, -0.2) is 31.9 Å². The van der Waals surface area contributed by atoms with Gasteiger partial charge in [0.1, 0.15) is 5.70 Å². The molecule has 4 aromatic rings. The monoisotopic (exact) mass is 586 g/mol. The van der Waals surface area contributed by atoms with Gasteiger partial charge in [-0.15, -0.1) is 11.8 Å². The Bertz CT molecular complexity index is 1660. The number of rotatable bonds is 10. The van der Waals surface area contributed by atoms with Crippen molar-refractivity contribution in [3.8, 4) is 0 Å². The van der Waals surface area contributed by atoms with Crippen LogP contribution in [0.1, 0.15) is 15.9 Å². The molecule has 0 saturated carbocycles. The molecule has 0 aliphatic rings. The average Bonchev–Trinajstić information content (AvgIpc) is 2.97. The number of primary sulfonamides is 1. The maximum Gasteiger partial charge on any atom is 0.272 e.